The molecule has 4 saturated carbocycles. The Balaban J connectivity index is 1.15. The van der Waals surface area contributed by atoms with Crippen LogP contribution in [0.25, 0.3) is 22.2 Å². The van der Waals surface area contributed by atoms with Crippen molar-refractivity contribution in [2.45, 2.75) is 62.6 Å². The number of halogens is 1. The summed E-state index contributed by atoms with van der Waals surface area (Å²) in [7, 11) is 0. The number of rotatable bonds is 5. The van der Waals surface area contributed by atoms with Crippen molar-refractivity contribution in [2.24, 2.45) is 11.1 Å². The molecule has 166 valence electrons. The fourth-order valence-electron chi connectivity index (χ4n) is 5.97. The Bertz CT molecular complexity index is 1190. The van der Waals surface area contributed by atoms with Gasteiger partial charge in [-0.2, -0.15) is 0 Å². The van der Waals surface area contributed by atoms with Gasteiger partial charge in [-0.25, -0.2) is 9.97 Å². The summed E-state index contributed by atoms with van der Waals surface area (Å²) < 4.78 is 0. The van der Waals surface area contributed by atoms with Gasteiger partial charge in [0.2, 0.25) is 11.9 Å². The Morgan fingerprint density at radius 2 is 1.97 bits per heavy atom. The van der Waals surface area contributed by atoms with E-state index in [2.05, 4.69) is 26.7 Å². The molecule has 1 amide bonds. The van der Waals surface area contributed by atoms with Crippen LogP contribution < -0.4 is 16.4 Å². The minimum Gasteiger partial charge on any atom is -0.360 e. The van der Waals surface area contributed by atoms with Crippen molar-refractivity contribution in [2.75, 3.05) is 5.32 Å². The zero-order valence-corrected chi connectivity index (χ0v) is 18.6. The maximum Gasteiger partial charge on any atom is 0.226 e. The maximum atomic E-state index is 12.8. The van der Waals surface area contributed by atoms with E-state index in [4.69, 9.17) is 22.3 Å². The zero-order valence-electron chi connectivity index (χ0n) is 17.8. The molecular weight excluding hydrogens is 424 g/mol. The quantitative estimate of drug-likeness (QED) is 0.469. The number of fused-ring (bicyclic) bond motifs is 1. The average Bonchev–Trinajstić information content (AvgIpc) is 3.16. The molecule has 8 heteroatoms. The normalized spacial score (nSPS) is 30.9. The van der Waals surface area contributed by atoms with Crippen molar-refractivity contribution >= 4 is 34.4 Å². The fraction of sp³-hybridized carbons (Fsp3) is 0.458. The second kappa shape index (κ2) is 7.18. The van der Waals surface area contributed by atoms with E-state index < -0.39 is 0 Å². The summed E-state index contributed by atoms with van der Waals surface area (Å²) in [5.41, 5.74) is 8.61. The highest BCUT2D eigenvalue weighted by atomic mass is 35.5. The molecule has 5 N–H and O–H groups in total. The Kier molecular flexibility index (Phi) is 4.49. The summed E-state index contributed by atoms with van der Waals surface area (Å²) in [6, 6.07) is 8.47. The molecule has 4 aliphatic carbocycles. The van der Waals surface area contributed by atoms with Gasteiger partial charge in [-0.05, 0) is 51.0 Å². The van der Waals surface area contributed by atoms with Crippen LogP contribution in [0.4, 0.5) is 5.95 Å². The molecule has 32 heavy (non-hydrogen) atoms. The average molecular weight is 451 g/mol. The smallest absolute Gasteiger partial charge is 0.226 e. The second-order valence-corrected chi connectivity index (χ2v) is 10.4. The molecule has 3 aromatic rings. The number of nitrogens with zero attached hydrogens (tertiary/aromatic N) is 2. The van der Waals surface area contributed by atoms with Gasteiger partial charge in [-0.3, -0.25) is 4.79 Å². The van der Waals surface area contributed by atoms with Crippen molar-refractivity contribution in [3.63, 3.8) is 0 Å². The highest BCUT2D eigenvalue weighted by molar-refractivity contribution is 6.33. The SMILES string of the molecule is NC12CC(C(=O)N[C@H]3CCC[C@@H](Nc4ncc(Cl)c(-c5c[nH]c6ccccc56)n4)C3)(C1)C2. The molecule has 2 heterocycles. The van der Waals surface area contributed by atoms with Crippen LogP contribution in [-0.2, 0) is 4.79 Å². The molecule has 4 fully saturated rings. The zero-order chi connectivity index (χ0) is 21.9. The van der Waals surface area contributed by atoms with E-state index in [1.165, 1.54) is 0 Å². The van der Waals surface area contributed by atoms with Gasteiger partial charge in [0.25, 0.3) is 0 Å². The number of hydrogen-bond donors (Lipinski definition) is 4. The summed E-state index contributed by atoms with van der Waals surface area (Å²) in [6.07, 6.45) is 10.1. The van der Waals surface area contributed by atoms with Gasteiger partial charge in [-0.15, -0.1) is 0 Å². The van der Waals surface area contributed by atoms with Gasteiger partial charge in [0.05, 0.1) is 22.3 Å². The lowest BCUT2D eigenvalue weighted by molar-refractivity contribution is -0.173. The number of carbonyl (C=O) groups is 1. The molecule has 2 atom stereocenters. The van der Waals surface area contributed by atoms with E-state index in [0.29, 0.717) is 16.7 Å². The number of carbonyl (C=O) groups excluding carboxylic acids is 1. The van der Waals surface area contributed by atoms with Crippen molar-refractivity contribution in [1.29, 1.82) is 0 Å². The number of benzene rings is 1. The number of H-pyrrole nitrogens is 1. The van der Waals surface area contributed by atoms with Crippen LogP contribution in [0, 0.1) is 5.41 Å². The molecule has 7 rings (SSSR count). The van der Waals surface area contributed by atoms with E-state index >= 15 is 0 Å². The van der Waals surface area contributed by atoms with Crippen LogP contribution in [0.3, 0.4) is 0 Å². The van der Waals surface area contributed by atoms with Crippen LogP contribution >= 0.6 is 11.6 Å². The van der Waals surface area contributed by atoms with Crippen molar-refractivity contribution in [3.8, 4) is 11.3 Å². The molecule has 0 radical (unpaired) electrons. The van der Waals surface area contributed by atoms with E-state index in [1.54, 1.807) is 6.20 Å². The number of nitrogens with one attached hydrogen (secondary N) is 3. The lowest BCUT2D eigenvalue weighted by Crippen LogP contribution is -2.76. The third-order valence-corrected chi connectivity index (χ3v) is 7.76. The van der Waals surface area contributed by atoms with Crippen LogP contribution in [-0.4, -0.2) is 38.5 Å². The van der Waals surface area contributed by atoms with Crippen LogP contribution in [0.5, 0.6) is 0 Å². The molecule has 1 aromatic carbocycles. The fourth-order valence-corrected chi connectivity index (χ4v) is 6.17. The standard InChI is InChI=1S/C24H27ClN6O/c25-18-10-28-22(31-20(18)17-9-27-19-7-2-1-6-16(17)19)30-15-5-3-4-14(8-15)29-21(32)23-11-24(26,12-23)13-23/h1-2,6-7,9-10,14-15,27H,3-5,8,11-13,26H2,(H,29,32)(H,28,30,31)/t14-,15+,23?,24?/m0/s1. The van der Waals surface area contributed by atoms with Crippen LogP contribution in [0.2, 0.25) is 5.02 Å². The summed E-state index contributed by atoms with van der Waals surface area (Å²) in [6.45, 7) is 0. The molecule has 0 saturated heterocycles. The van der Waals surface area contributed by atoms with E-state index in [0.717, 1.165) is 61.4 Å². The number of amides is 1. The Morgan fingerprint density at radius 3 is 2.78 bits per heavy atom. The summed E-state index contributed by atoms with van der Waals surface area (Å²) in [4.78, 5) is 25.2. The third-order valence-electron chi connectivity index (χ3n) is 7.48. The molecule has 0 unspecified atom stereocenters. The monoisotopic (exact) mass is 450 g/mol. The van der Waals surface area contributed by atoms with Gasteiger partial charge in [0.1, 0.15) is 0 Å². The molecule has 0 spiro atoms. The highest BCUT2D eigenvalue weighted by Gasteiger charge is 2.69. The lowest BCUT2D eigenvalue weighted by Gasteiger charge is -2.67. The first kappa shape index (κ1) is 20.0. The van der Waals surface area contributed by atoms with Gasteiger partial charge in [0.15, 0.2) is 0 Å². The second-order valence-electron chi connectivity index (χ2n) is 9.99. The van der Waals surface area contributed by atoms with Crippen molar-refractivity contribution < 1.29 is 4.79 Å². The molecule has 4 aliphatic rings. The largest absolute Gasteiger partial charge is 0.360 e. The number of nitrogens with two attached hydrogens (primary N) is 1. The van der Waals surface area contributed by atoms with Gasteiger partial charge in [-0.1, -0.05) is 29.8 Å². The van der Waals surface area contributed by atoms with Crippen LogP contribution in [0.15, 0.2) is 36.7 Å². The summed E-state index contributed by atoms with van der Waals surface area (Å²) >= 11 is 6.46. The van der Waals surface area contributed by atoms with Gasteiger partial charge in [0, 0.05) is 40.3 Å². The number of anilines is 1. The Labute approximate surface area is 191 Å². The first-order valence-corrected chi connectivity index (χ1v) is 11.8. The lowest BCUT2D eigenvalue weighted by atomic mass is 9.39. The molecule has 7 nitrogen and oxygen atoms in total. The van der Waals surface area contributed by atoms with Gasteiger partial charge < -0.3 is 21.4 Å². The van der Waals surface area contributed by atoms with Crippen molar-refractivity contribution in [1.82, 2.24) is 20.3 Å². The number of hydrogen-bond acceptors (Lipinski definition) is 5. The van der Waals surface area contributed by atoms with Crippen LogP contribution in [0.1, 0.15) is 44.9 Å². The minimum absolute atomic E-state index is 0.0532. The minimum atomic E-state index is -0.178. The topological polar surface area (TPSA) is 109 Å². The van der Waals surface area contributed by atoms with Gasteiger partial charge >= 0.3 is 0 Å². The first-order chi connectivity index (χ1) is 15.4. The molecule has 0 aliphatic heterocycles. The predicted molar refractivity (Wildman–Crippen MR) is 125 cm³/mol. The molecular formula is C24H27ClN6O. The Hall–Kier alpha value is -2.64. The summed E-state index contributed by atoms with van der Waals surface area (Å²) in [5, 5.41) is 8.37. The highest BCUT2D eigenvalue weighted by Crippen LogP contribution is 2.65. The third kappa shape index (κ3) is 3.26. The number of para-hydroxylation sites is 1. The number of aromatic nitrogens is 3. The molecule has 2 bridgehead atoms. The summed E-state index contributed by atoms with van der Waals surface area (Å²) in [5.74, 6) is 0.760. The van der Waals surface area contributed by atoms with E-state index in [9.17, 15) is 4.79 Å². The van der Waals surface area contributed by atoms with E-state index in [-0.39, 0.29) is 28.9 Å². The first-order valence-electron chi connectivity index (χ1n) is 11.4. The van der Waals surface area contributed by atoms with E-state index in [1.807, 2.05) is 24.4 Å². The maximum absolute atomic E-state index is 12.8. The molecule has 2 aromatic heterocycles. The number of aromatic amines is 1. The Morgan fingerprint density at radius 1 is 1.19 bits per heavy atom. The predicted octanol–water partition coefficient (Wildman–Crippen LogP) is 4.00. The van der Waals surface area contributed by atoms with Crippen molar-refractivity contribution in [3.05, 3.63) is 41.7 Å².